The number of pyridine rings is 1. The molecule has 1 saturated heterocycles. The minimum absolute atomic E-state index is 0.143. The Balaban J connectivity index is 1.46. The predicted octanol–water partition coefficient (Wildman–Crippen LogP) is 3.10. The molecule has 1 amide bonds. The van der Waals surface area contributed by atoms with Gasteiger partial charge in [-0.2, -0.15) is 0 Å². The number of benzene rings is 1. The van der Waals surface area contributed by atoms with Crippen molar-refractivity contribution in [3.8, 4) is 17.2 Å². The molecule has 1 aliphatic heterocycles. The van der Waals surface area contributed by atoms with Crippen molar-refractivity contribution < 1.29 is 19.0 Å². The molecule has 1 aromatic heterocycles. The number of ether oxygens (including phenoxy) is 3. The third-order valence-electron chi connectivity index (χ3n) is 4.81. The second kappa shape index (κ2) is 9.26. The van der Waals surface area contributed by atoms with Gasteiger partial charge in [0.05, 0.1) is 20.4 Å². The van der Waals surface area contributed by atoms with Gasteiger partial charge in [0.1, 0.15) is 11.9 Å². The van der Waals surface area contributed by atoms with Crippen molar-refractivity contribution in [3.05, 3.63) is 48.3 Å². The molecule has 0 aliphatic carbocycles. The molecular weight excluding hydrogens is 344 g/mol. The van der Waals surface area contributed by atoms with E-state index >= 15 is 0 Å². The van der Waals surface area contributed by atoms with Gasteiger partial charge < -0.3 is 19.1 Å². The zero-order valence-electron chi connectivity index (χ0n) is 15.9. The Hall–Kier alpha value is -2.76. The molecule has 0 N–H and O–H groups in total. The number of methoxy groups -OCH3 is 2. The monoisotopic (exact) mass is 370 g/mol. The van der Waals surface area contributed by atoms with Gasteiger partial charge in [0.2, 0.25) is 5.91 Å². The molecule has 2 aromatic rings. The molecule has 27 heavy (non-hydrogen) atoms. The highest BCUT2D eigenvalue weighted by Gasteiger charge is 2.23. The molecule has 1 fully saturated rings. The maximum Gasteiger partial charge on any atom is 0.222 e. The highest BCUT2D eigenvalue weighted by Crippen LogP contribution is 2.28. The Morgan fingerprint density at radius 1 is 1.15 bits per heavy atom. The number of hydrogen-bond acceptors (Lipinski definition) is 5. The van der Waals surface area contributed by atoms with Gasteiger partial charge in [-0.25, -0.2) is 0 Å². The number of hydrogen-bond donors (Lipinski definition) is 0. The minimum atomic E-state index is 0.143. The zero-order chi connectivity index (χ0) is 19.1. The SMILES string of the molecule is COc1ccc(CCC(=O)N2CCC(Oc3cccnc3)CC2)cc1OC. The summed E-state index contributed by atoms with van der Waals surface area (Å²) in [7, 11) is 3.23. The Morgan fingerprint density at radius 2 is 1.93 bits per heavy atom. The molecule has 0 bridgehead atoms. The number of piperidine rings is 1. The molecule has 1 aromatic carbocycles. The lowest BCUT2D eigenvalue weighted by atomic mass is 10.1. The van der Waals surface area contributed by atoms with Crippen molar-refractivity contribution in [2.24, 2.45) is 0 Å². The van der Waals surface area contributed by atoms with Crippen LogP contribution in [-0.2, 0) is 11.2 Å². The molecule has 0 spiro atoms. The quantitative estimate of drug-likeness (QED) is 0.749. The van der Waals surface area contributed by atoms with Crippen molar-refractivity contribution in [2.45, 2.75) is 31.8 Å². The van der Waals surface area contributed by atoms with E-state index in [0.717, 1.165) is 37.2 Å². The molecule has 6 heteroatoms. The lowest BCUT2D eigenvalue weighted by Gasteiger charge is -2.32. The van der Waals surface area contributed by atoms with Crippen LogP contribution in [-0.4, -0.2) is 49.2 Å². The first-order valence-electron chi connectivity index (χ1n) is 9.25. The van der Waals surface area contributed by atoms with Crippen LogP contribution in [0.3, 0.4) is 0 Å². The predicted molar refractivity (Wildman–Crippen MR) is 102 cm³/mol. The van der Waals surface area contributed by atoms with Gasteiger partial charge in [0.25, 0.3) is 0 Å². The lowest BCUT2D eigenvalue weighted by Crippen LogP contribution is -2.41. The maximum atomic E-state index is 12.5. The Morgan fingerprint density at radius 3 is 2.59 bits per heavy atom. The molecule has 3 rings (SSSR count). The number of carbonyl (C=O) groups excluding carboxylic acids is 1. The van der Waals surface area contributed by atoms with Crippen LogP contribution < -0.4 is 14.2 Å². The lowest BCUT2D eigenvalue weighted by molar-refractivity contribution is -0.132. The summed E-state index contributed by atoms with van der Waals surface area (Å²) < 4.78 is 16.5. The minimum Gasteiger partial charge on any atom is -0.493 e. The summed E-state index contributed by atoms with van der Waals surface area (Å²) in [6.07, 6.45) is 6.46. The van der Waals surface area contributed by atoms with E-state index in [1.807, 2.05) is 35.2 Å². The van der Waals surface area contributed by atoms with E-state index in [1.54, 1.807) is 26.6 Å². The zero-order valence-corrected chi connectivity index (χ0v) is 15.9. The van der Waals surface area contributed by atoms with Crippen LogP contribution in [0.4, 0.5) is 0 Å². The van der Waals surface area contributed by atoms with E-state index in [0.29, 0.717) is 24.3 Å². The van der Waals surface area contributed by atoms with Crippen LogP contribution in [0.25, 0.3) is 0 Å². The Labute approximate surface area is 160 Å². The van der Waals surface area contributed by atoms with Crippen molar-refractivity contribution in [3.63, 3.8) is 0 Å². The summed E-state index contributed by atoms with van der Waals surface area (Å²) in [5.74, 6) is 2.36. The molecule has 144 valence electrons. The van der Waals surface area contributed by atoms with Gasteiger partial charge in [-0.3, -0.25) is 9.78 Å². The number of nitrogens with zero attached hydrogens (tertiary/aromatic N) is 2. The van der Waals surface area contributed by atoms with E-state index in [1.165, 1.54) is 0 Å². The van der Waals surface area contributed by atoms with E-state index in [-0.39, 0.29) is 12.0 Å². The number of carbonyl (C=O) groups is 1. The molecule has 0 unspecified atom stereocenters. The average Bonchev–Trinajstić information content (AvgIpc) is 2.73. The van der Waals surface area contributed by atoms with Crippen LogP contribution >= 0.6 is 0 Å². The van der Waals surface area contributed by atoms with E-state index in [4.69, 9.17) is 14.2 Å². The van der Waals surface area contributed by atoms with Crippen LogP contribution in [0.2, 0.25) is 0 Å². The molecule has 0 radical (unpaired) electrons. The summed E-state index contributed by atoms with van der Waals surface area (Å²) >= 11 is 0. The summed E-state index contributed by atoms with van der Waals surface area (Å²) in [6, 6.07) is 9.55. The molecular formula is C21H26N2O4. The summed E-state index contributed by atoms with van der Waals surface area (Å²) in [6.45, 7) is 1.46. The fourth-order valence-corrected chi connectivity index (χ4v) is 3.28. The van der Waals surface area contributed by atoms with Crippen LogP contribution in [0.1, 0.15) is 24.8 Å². The number of rotatable bonds is 7. The van der Waals surface area contributed by atoms with Crippen LogP contribution in [0.15, 0.2) is 42.7 Å². The Bertz CT molecular complexity index is 743. The normalized spacial score (nSPS) is 14.7. The second-order valence-electron chi connectivity index (χ2n) is 6.58. The molecule has 0 saturated carbocycles. The highest BCUT2D eigenvalue weighted by molar-refractivity contribution is 5.76. The fourth-order valence-electron chi connectivity index (χ4n) is 3.28. The van der Waals surface area contributed by atoms with E-state index < -0.39 is 0 Å². The van der Waals surface area contributed by atoms with Crippen molar-refractivity contribution in [1.82, 2.24) is 9.88 Å². The van der Waals surface area contributed by atoms with Crippen LogP contribution in [0.5, 0.6) is 17.2 Å². The highest BCUT2D eigenvalue weighted by atomic mass is 16.5. The van der Waals surface area contributed by atoms with Crippen molar-refractivity contribution >= 4 is 5.91 Å². The standard InChI is InChI=1S/C21H26N2O4/c1-25-19-7-5-16(14-20(19)26-2)6-8-21(24)23-12-9-17(10-13-23)27-18-4-3-11-22-15-18/h3-5,7,11,14-15,17H,6,8-10,12-13H2,1-2H3. The molecule has 1 aliphatic rings. The first-order chi connectivity index (χ1) is 13.2. The first kappa shape index (κ1) is 19.0. The summed E-state index contributed by atoms with van der Waals surface area (Å²) in [5, 5.41) is 0. The number of aromatic nitrogens is 1. The summed E-state index contributed by atoms with van der Waals surface area (Å²) in [4.78, 5) is 18.5. The first-order valence-corrected chi connectivity index (χ1v) is 9.25. The van der Waals surface area contributed by atoms with Gasteiger partial charge >= 0.3 is 0 Å². The third-order valence-corrected chi connectivity index (χ3v) is 4.81. The smallest absolute Gasteiger partial charge is 0.222 e. The number of amides is 1. The fraction of sp³-hybridized carbons (Fsp3) is 0.429. The topological polar surface area (TPSA) is 60.9 Å². The van der Waals surface area contributed by atoms with Crippen LogP contribution in [0, 0.1) is 0 Å². The third kappa shape index (κ3) is 5.12. The van der Waals surface area contributed by atoms with Gasteiger partial charge in [-0.05, 0) is 36.2 Å². The van der Waals surface area contributed by atoms with Gasteiger partial charge in [-0.15, -0.1) is 0 Å². The number of likely N-dealkylation sites (tertiary alicyclic amines) is 1. The van der Waals surface area contributed by atoms with E-state index in [9.17, 15) is 4.79 Å². The van der Waals surface area contributed by atoms with Crippen molar-refractivity contribution in [1.29, 1.82) is 0 Å². The largest absolute Gasteiger partial charge is 0.493 e. The molecule has 0 atom stereocenters. The maximum absolute atomic E-state index is 12.5. The van der Waals surface area contributed by atoms with Gasteiger partial charge in [-0.1, -0.05) is 6.07 Å². The van der Waals surface area contributed by atoms with Gasteiger partial charge in [0.15, 0.2) is 11.5 Å². The molecule has 6 nitrogen and oxygen atoms in total. The molecule has 2 heterocycles. The van der Waals surface area contributed by atoms with Gasteiger partial charge in [0, 0.05) is 38.5 Å². The average molecular weight is 370 g/mol. The van der Waals surface area contributed by atoms with Crippen molar-refractivity contribution in [2.75, 3.05) is 27.3 Å². The Kier molecular flexibility index (Phi) is 6.52. The number of aryl methyl sites for hydroxylation is 1. The van der Waals surface area contributed by atoms with E-state index in [2.05, 4.69) is 4.98 Å². The summed E-state index contributed by atoms with van der Waals surface area (Å²) in [5.41, 5.74) is 1.07. The second-order valence-corrected chi connectivity index (χ2v) is 6.58.